The number of nitrogens with zero attached hydrogens (tertiary/aromatic N) is 1. The minimum atomic E-state index is -1.39. The smallest absolute Gasteiger partial charge is 0.314 e. The molecule has 0 aliphatic rings. The highest BCUT2D eigenvalue weighted by molar-refractivity contribution is 5.49. The lowest BCUT2D eigenvalue weighted by molar-refractivity contribution is -0.385. The van der Waals surface area contributed by atoms with E-state index in [4.69, 9.17) is 10.5 Å². The quantitative estimate of drug-likeness (QED) is 0.678. The Bertz CT molecular complexity index is 660. The normalized spacial score (nSPS) is 10.4. The largest absolute Gasteiger partial charge is 0.447 e. The Morgan fingerprint density at radius 1 is 1.14 bits per heavy atom. The summed E-state index contributed by atoms with van der Waals surface area (Å²) in [4.78, 5) is 10.0. The number of ether oxygens (including phenoxy) is 1. The molecule has 7 heteroatoms. The molecular formula is C14H12F2N2O3. The highest BCUT2D eigenvalue weighted by Gasteiger charge is 2.23. The average Bonchev–Trinajstić information content (AvgIpc) is 2.46. The van der Waals surface area contributed by atoms with Crippen molar-refractivity contribution in [2.75, 3.05) is 6.54 Å². The van der Waals surface area contributed by atoms with Gasteiger partial charge in [0.2, 0.25) is 11.6 Å². The Morgan fingerprint density at radius 3 is 2.38 bits per heavy atom. The van der Waals surface area contributed by atoms with E-state index in [1.807, 2.05) is 0 Å². The third-order valence-corrected chi connectivity index (χ3v) is 2.80. The van der Waals surface area contributed by atoms with E-state index in [-0.39, 0.29) is 5.75 Å². The van der Waals surface area contributed by atoms with Crippen LogP contribution in [-0.2, 0) is 6.42 Å². The van der Waals surface area contributed by atoms with Gasteiger partial charge in [0.25, 0.3) is 0 Å². The van der Waals surface area contributed by atoms with E-state index in [1.54, 1.807) is 12.1 Å². The van der Waals surface area contributed by atoms with Gasteiger partial charge in [0, 0.05) is 6.07 Å². The molecule has 0 radical (unpaired) electrons. The number of rotatable bonds is 5. The Balaban J connectivity index is 2.34. The topological polar surface area (TPSA) is 78.4 Å². The SMILES string of the molecule is NCCc1ccc(Oc2c([N+](=O)[O-])ccc(F)c2F)cc1. The number of hydrogen-bond donors (Lipinski definition) is 1. The first-order chi connectivity index (χ1) is 10.0. The lowest BCUT2D eigenvalue weighted by Gasteiger charge is -2.08. The van der Waals surface area contributed by atoms with E-state index < -0.39 is 28.0 Å². The van der Waals surface area contributed by atoms with Crippen molar-refractivity contribution in [3.63, 3.8) is 0 Å². The van der Waals surface area contributed by atoms with Gasteiger partial charge in [0.1, 0.15) is 5.75 Å². The lowest BCUT2D eigenvalue weighted by atomic mass is 10.1. The van der Waals surface area contributed by atoms with Gasteiger partial charge in [-0.3, -0.25) is 10.1 Å². The summed E-state index contributed by atoms with van der Waals surface area (Å²) in [6.07, 6.45) is 0.661. The molecule has 0 unspecified atom stereocenters. The van der Waals surface area contributed by atoms with Gasteiger partial charge in [-0.25, -0.2) is 4.39 Å². The molecule has 5 nitrogen and oxygen atoms in total. The molecule has 0 bridgehead atoms. The Kier molecular flexibility index (Phi) is 4.44. The van der Waals surface area contributed by atoms with Gasteiger partial charge >= 0.3 is 5.69 Å². The summed E-state index contributed by atoms with van der Waals surface area (Å²) < 4.78 is 32.0. The zero-order valence-electron chi connectivity index (χ0n) is 10.9. The molecule has 2 N–H and O–H groups in total. The first-order valence-corrected chi connectivity index (χ1v) is 6.12. The van der Waals surface area contributed by atoms with Crippen LogP contribution in [0.5, 0.6) is 11.5 Å². The summed E-state index contributed by atoms with van der Waals surface area (Å²) in [6.45, 7) is 0.476. The van der Waals surface area contributed by atoms with E-state index in [1.165, 1.54) is 12.1 Å². The van der Waals surface area contributed by atoms with Crippen LogP contribution in [0.2, 0.25) is 0 Å². The molecule has 2 aromatic rings. The van der Waals surface area contributed by atoms with Crippen LogP contribution >= 0.6 is 0 Å². The molecule has 0 aromatic heterocycles. The molecular weight excluding hydrogens is 282 g/mol. The molecule has 21 heavy (non-hydrogen) atoms. The summed E-state index contributed by atoms with van der Waals surface area (Å²) in [7, 11) is 0. The fourth-order valence-corrected chi connectivity index (χ4v) is 1.77. The second kappa shape index (κ2) is 6.27. The predicted molar refractivity (Wildman–Crippen MR) is 72.3 cm³/mol. The number of nitro groups is 1. The second-order valence-electron chi connectivity index (χ2n) is 4.25. The van der Waals surface area contributed by atoms with E-state index in [9.17, 15) is 18.9 Å². The van der Waals surface area contributed by atoms with E-state index >= 15 is 0 Å². The van der Waals surface area contributed by atoms with Crippen molar-refractivity contribution in [2.45, 2.75) is 6.42 Å². The molecule has 0 amide bonds. The Hall–Kier alpha value is -2.54. The molecule has 0 aliphatic heterocycles. The van der Waals surface area contributed by atoms with Crippen LogP contribution in [-0.4, -0.2) is 11.5 Å². The van der Waals surface area contributed by atoms with Gasteiger partial charge in [-0.2, -0.15) is 4.39 Å². The highest BCUT2D eigenvalue weighted by Crippen LogP contribution is 2.35. The van der Waals surface area contributed by atoms with E-state index in [0.717, 1.165) is 11.6 Å². The lowest BCUT2D eigenvalue weighted by Crippen LogP contribution is -2.02. The number of nitro benzene ring substituents is 1. The molecule has 110 valence electrons. The molecule has 2 rings (SSSR count). The van der Waals surface area contributed by atoms with Crippen LogP contribution in [0.25, 0.3) is 0 Å². The number of benzene rings is 2. The van der Waals surface area contributed by atoms with Crippen molar-refractivity contribution in [3.8, 4) is 11.5 Å². The van der Waals surface area contributed by atoms with Gasteiger partial charge in [-0.15, -0.1) is 0 Å². The van der Waals surface area contributed by atoms with Gasteiger partial charge in [-0.05, 0) is 36.7 Å². The van der Waals surface area contributed by atoms with Crippen LogP contribution in [0.4, 0.5) is 14.5 Å². The van der Waals surface area contributed by atoms with Crippen LogP contribution in [0.1, 0.15) is 5.56 Å². The van der Waals surface area contributed by atoms with Crippen LogP contribution in [0.3, 0.4) is 0 Å². The summed E-state index contributed by atoms with van der Waals surface area (Å²) in [5, 5.41) is 10.8. The number of nitrogens with two attached hydrogens (primary N) is 1. The van der Waals surface area contributed by atoms with E-state index in [2.05, 4.69) is 0 Å². The second-order valence-corrected chi connectivity index (χ2v) is 4.25. The maximum absolute atomic E-state index is 13.7. The molecule has 0 heterocycles. The maximum atomic E-state index is 13.7. The van der Waals surface area contributed by atoms with Gasteiger partial charge in [0.15, 0.2) is 5.82 Å². The van der Waals surface area contributed by atoms with Crippen molar-refractivity contribution < 1.29 is 18.4 Å². The van der Waals surface area contributed by atoms with Crippen molar-refractivity contribution in [1.82, 2.24) is 0 Å². The fourth-order valence-electron chi connectivity index (χ4n) is 1.77. The van der Waals surface area contributed by atoms with Gasteiger partial charge in [0.05, 0.1) is 4.92 Å². The van der Waals surface area contributed by atoms with Crippen molar-refractivity contribution >= 4 is 5.69 Å². The monoisotopic (exact) mass is 294 g/mol. The van der Waals surface area contributed by atoms with Gasteiger partial charge < -0.3 is 10.5 Å². The minimum absolute atomic E-state index is 0.170. The third kappa shape index (κ3) is 3.32. The molecule has 0 saturated carbocycles. The Labute approximate surface area is 119 Å². The van der Waals surface area contributed by atoms with Gasteiger partial charge in [-0.1, -0.05) is 12.1 Å². The summed E-state index contributed by atoms with van der Waals surface area (Å²) >= 11 is 0. The fraction of sp³-hybridized carbons (Fsp3) is 0.143. The van der Waals surface area contributed by atoms with Crippen molar-refractivity contribution in [1.29, 1.82) is 0 Å². The summed E-state index contributed by atoms with van der Waals surface area (Å²) in [6, 6.07) is 7.97. The number of halogens is 2. The maximum Gasteiger partial charge on any atom is 0.314 e. The minimum Gasteiger partial charge on any atom is -0.447 e. The van der Waals surface area contributed by atoms with Crippen LogP contribution in [0.15, 0.2) is 36.4 Å². The summed E-state index contributed by atoms with van der Waals surface area (Å²) in [5.41, 5.74) is 5.72. The number of hydrogen-bond acceptors (Lipinski definition) is 4. The van der Waals surface area contributed by atoms with Crippen molar-refractivity contribution in [3.05, 3.63) is 63.7 Å². The molecule has 0 spiro atoms. The first kappa shape index (κ1) is 14.9. The summed E-state index contributed by atoms with van der Waals surface area (Å²) in [5.74, 6) is -3.18. The van der Waals surface area contributed by atoms with E-state index in [0.29, 0.717) is 19.0 Å². The molecule has 0 fully saturated rings. The molecule has 0 atom stereocenters. The van der Waals surface area contributed by atoms with Crippen LogP contribution < -0.4 is 10.5 Å². The zero-order valence-corrected chi connectivity index (χ0v) is 10.9. The average molecular weight is 294 g/mol. The first-order valence-electron chi connectivity index (χ1n) is 6.12. The Morgan fingerprint density at radius 2 is 1.81 bits per heavy atom. The molecule has 2 aromatic carbocycles. The molecule has 0 aliphatic carbocycles. The molecule has 0 saturated heterocycles. The predicted octanol–water partition coefficient (Wildman–Crippen LogP) is 3.17. The third-order valence-electron chi connectivity index (χ3n) is 2.80. The van der Waals surface area contributed by atoms with Crippen molar-refractivity contribution in [2.24, 2.45) is 5.73 Å². The zero-order chi connectivity index (χ0) is 15.4. The van der Waals surface area contributed by atoms with Crippen LogP contribution in [0, 0.1) is 21.7 Å². The standard InChI is InChI=1S/C14H12F2N2O3/c15-11-5-6-12(18(19)20)14(13(11)16)21-10-3-1-9(2-4-10)7-8-17/h1-6H,7-8,17H2. The highest BCUT2D eigenvalue weighted by atomic mass is 19.2.